The normalized spacial score (nSPS) is 12.8. The predicted molar refractivity (Wildman–Crippen MR) is 112 cm³/mol. The first-order valence-electron chi connectivity index (χ1n) is 9.06. The lowest BCUT2D eigenvalue weighted by atomic mass is 9.99. The molecule has 1 atom stereocenters. The summed E-state index contributed by atoms with van der Waals surface area (Å²) in [4.78, 5) is 14.0. The summed E-state index contributed by atoms with van der Waals surface area (Å²) in [5, 5.41) is 7.32. The van der Waals surface area contributed by atoms with Crippen molar-refractivity contribution in [3.63, 3.8) is 0 Å². The van der Waals surface area contributed by atoms with Gasteiger partial charge in [0.2, 0.25) is 0 Å². The van der Waals surface area contributed by atoms with Crippen LogP contribution in [0.15, 0.2) is 36.5 Å². The van der Waals surface area contributed by atoms with Gasteiger partial charge in [-0.25, -0.2) is 0 Å². The summed E-state index contributed by atoms with van der Waals surface area (Å²) < 4.78 is 41.3. The summed E-state index contributed by atoms with van der Waals surface area (Å²) in [6.45, 7) is 1.86. The second kappa shape index (κ2) is 8.79. The number of halogens is 4. The Morgan fingerprint density at radius 1 is 1.37 bits per heavy atom. The van der Waals surface area contributed by atoms with Crippen LogP contribution < -0.4 is 11.1 Å². The van der Waals surface area contributed by atoms with Crippen LogP contribution >= 0.6 is 22.9 Å². The van der Waals surface area contributed by atoms with Gasteiger partial charge in [-0.2, -0.15) is 18.3 Å². The third-order valence-electron chi connectivity index (χ3n) is 4.70. The molecule has 0 saturated heterocycles. The van der Waals surface area contributed by atoms with Crippen LogP contribution in [0.4, 0.5) is 13.2 Å². The lowest BCUT2D eigenvalue weighted by molar-refractivity contribution is -0.138. The monoisotopic (exact) mass is 456 g/mol. The van der Waals surface area contributed by atoms with Crippen molar-refractivity contribution in [2.24, 2.45) is 12.8 Å². The van der Waals surface area contributed by atoms with Gasteiger partial charge in [-0.05, 0) is 31.0 Å². The van der Waals surface area contributed by atoms with E-state index >= 15 is 0 Å². The molecular weight excluding hydrogens is 437 g/mol. The Labute approximate surface area is 180 Å². The molecule has 3 N–H and O–H groups in total. The summed E-state index contributed by atoms with van der Waals surface area (Å²) in [5.41, 5.74) is 6.57. The Kier molecular flexibility index (Phi) is 6.54. The molecule has 160 valence electrons. The number of carbonyl (C=O) groups is 1. The molecule has 3 rings (SSSR count). The van der Waals surface area contributed by atoms with Crippen LogP contribution in [-0.4, -0.2) is 28.3 Å². The molecule has 0 radical (unpaired) electrons. The fourth-order valence-electron chi connectivity index (χ4n) is 3.23. The number of rotatable bonds is 6. The molecule has 5 nitrogen and oxygen atoms in total. The Morgan fingerprint density at radius 3 is 2.67 bits per heavy atom. The van der Waals surface area contributed by atoms with Crippen LogP contribution in [0.5, 0.6) is 0 Å². The molecule has 0 unspecified atom stereocenters. The maximum Gasteiger partial charge on any atom is 0.416 e. The topological polar surface area (TPSA) is 72.9 Å². The molecule has 30 heavy (non-hydrogen) atoms. The fourth-order valence-corrected chi connectivity index (χ4v) is 4.42. The molecular formula is C20H20ClF3N4OS. The summed E-state index contributed by atoms with van der Waals surface area (Å²) in [6.07, 6.45) is -2.97. The second-order valence-corrected chi connectivity index (χ2v) is 8.47. The molecule has 0 aliphatic heterocycles. The summed E-state index contributed by atoms with van der Waals surface area (Å²) in [6, 6.07) is 6.35. The zero-order valence-electron chi connectivity index (χ0n) is 16.3. The molecule has 2 heterocycles. The largest absolute Gasteiger partial charge is 0.416 e. The minimum atomic E-state index is -4.47. The van der Waals surface area contributed by atoms with Gasteiger partial charge in [-0.15, -0.1) is 11.3 Å². The van der Waals surface area contributed by atoms with Crippen molar-refractivity contribution < 1.29 is 18.0 Å². The molecule has 1 amide bonds. The van der Waals surface area contributed by atoms with Crippen LogP contribution in [0, 0.1) is 6.92 Å². The van der Waals surface area contributed by atoms with E-state index in [2.05, 4.69) is 10.4 Å². The highest BCUT2D eigenvalue weighted by atomic mass is 35.5. The zero-order chi connectivity index (χ0) is 22.1. The van der Waals surface area contributed by atoms with Crippen LogP contribution in [0.2, 0.25) is 5.02 Å². The number of thiophene rings is 1. The van der Waals surface area contributed by atoms with E-state index in [4.69, 9.17) is 17.3 Å². The number of nitrogens with two attached hydrogens (primary N) is 1. The van der Waals surface area contributed by atoms with Gasteiger partial charge in [0.15, 0.2) is 0 Å². The smallest absolute Gasteiger partial charge is 0.347 e. The standard InChI is InChI=1S/C20H20ClF3N4OS/c1-11-14(18-16(21)10-26-28(18)2)8-17(30-11)19(29)27-13(9-25)7-12-5-3-4-6-15(12)20(22,23)24/h3-6,8,10,13H,7,9,25H2,1-2H3,(H,27,29)/t13-/m0/s1. The van der Waals surface area contributed by atoms with Crippen LogP contribution in [0.25, 0.3) is 11.3 Å². The average molecular weight is 457 g/mol. The molecule has 0 bridgehead atoms. The SMILES string of the molecule is Cc1sc(C(=O)N[C@H](CN)Cc2ccccc2C(F)(F)F)cc1-c1c(Cl)cnn1C. The summed E-state index contributed by atoms with van der Waals surface area (Å²) >= 11 is 7.47. The van der Waals surface area contributed by atoms with Gasteiger partial charge in [0.05, 0.1) is 27.4 Å². The van der Waals surface area contributed by atoms with Gasteiger partial charge >= 0.3 is 6.18 Å². The molecule has 10 heteroatoms. The number of aryl methyl sites for hydroxylation is 2. The van der Waals surface area contributed by atoms with Crippen LogP contribution in [0.1, 0.15) is 25.7 Å². The van der Waals surface area contributed by atoms with Crippen molar-refractivity contribution in [3.05, 3.63) is 62.4 Å². The van der Waals surface area contributed by atoms with Gasteiger partial charge < -0.3 is 11.1 Å². The van der Waals surface area contributed by atoms with Crippen LogP contribution in [-0.2, 0) is 19.6 Å². The minimum Gasteiger partial charge on any atom is -0.347 e. The first-order valence-corrected chi connectivity index (χ1v) is 10.3. The number of nitrogens with zero attached hydrogens (tertiary/aromatic N) is 2. The zero-order valence-corrected chi connectivity index (χ0v) is 17.8. The van der Waals surface area contributed by atoms with E-state index in [0.717, 1.165) is 16.5 Å². The highest BCUT2D eigenvalue weighted by molar-refractivity contribution is 7.14. The number of carbonyl (C=O) groups excluding carboxylic acids is 1. The summed E-state index contributed by atoms with van der Waals surface area (Å²) in [5.74, 6) is -0.396. The fraction of sp³-hybridized carbons (Fsp3) is 0.300. The highest BCUT2D eigenvalue weighted by Crippen LogP contribution is 2.35. The van der Waals surface area contributed by atoms with Crippen molar-refractivity contribution in [1.82, 2.24) is 15.1 Å². The molecule has 0 aliphatic rings. The predicted octanol–water partition coefficient (Wildman–Crippen LogP) is 4.43. The van der Waals surface area contributed by atoms with Gasteiger partial charge in [-0.3, -0.25) is 9.48 Å². The van der Waals surface area contributed by atoms with E-state index in [1.807, 2.05) is 6.92 Å². The first kappa shape index (κ1) is 22.3. The molecule has 2 aromatic heterocycles. The Hall–Kier alpha value is -2.36. The number of amides is 1. The molecule has 0 spiro atoms. The van der Waals surface area contributed by atoms with Crippen molar-refractivity contribution in [1.29, 1.82) is 0 Å². The van der Waals surface area contributed by atoms with Crippen molar-refractivity contribution in [3.8, 4) is 11.3 Å². The third-order valence-corrected chi connectivity index (χ3v) is 6.03. The van der Waals surface area contributed by atoms with E-state index in [-0.39, 0.29) is 18.5 Å². The Bertz CT molecular complexity index is 1040. The quantitative estimate of drug-likeness (QED) is 0.576. The minimum absolute atomic E-state index is 0.00268. The van der Waals surface area contributed by atoms with Crippen LogP contribution in [0.3, 0.4) is 0 Å². The maximum atomic E-state index is 13.2. The average Bonchev–Trinajstić information content (AvgIpc) is 3.22. The number of benzene rings is 1. The van der Waals surface area contributed by atoms with E-state index in [1.54, 1.807) is 17.8 Å². The lowest BCUT2D eigenvalue weighted by Crippen LogP contribution is -2.41. The van der Waals surface area contributed by atoms with E-state index < -0.39 is 23.7 Å². The van der Waals surface area contributed by atoms with Crippen molar-refractivity contribution in [2.75, 3.05) is 6.54 Å². The second-order valence-electron chi connectivity index (χ2n) is 6.81. The molecule has 1 aromatic carbocycles. The van der Waals surface area contributed by atoms with E-state index in [1.165, 1.54) is 35.7 Å². The van der Waals surface area contributed by atoms with Crippen molar-refractivity contribution in [2.45, 2.75) is 25.6 Å². The molecule has 0 fully saturated rings. The molecule has 3 aromatic rings. The lowest BCUT2D eigenvalue weighted by Gasteiger charge is -2.19. The van der Waals surface area contributed by atoms with Gasteiger partial charge in [0.1, 0.15) is 0 Å². The number of nitrogens with one attached hydrogen (secondary N) is 1. The van der Waals surface area contributed by atoms with Gasteiger partial charge in [0, 0.05) is 30.1 Å². The van der Waals surface area contributed by atoms with Crippen molar-refractivity contribution >= 4 is 28.8 Å². The first-order chi connectivity index (χ1) is 14.1. The molecule has 0 aliphatic carbocycles. The number of hydrogen-bond acceptors (Lipinski definition) is 4. The Morgan fingerprint density at radius 2 is 2.07 bits per heavy atom. The molecule has 0 saturated carbocycles. The van der Waals surface area contributed by atoms with E-state index in [0.29, 0.717) is 15.6 Å². The summed E-state index contributed by atoms with van der Waals surface area (Å²) in [7, 11) is 1.75. The van der Waals surface area contributed by atoms with Gasteiger partial charge in [0.25, 0.3) is 5.91 Å². The number of aromatic nitrogens is 2. The third kappa shape index (κ3) is 4.69. The highest BCUT2D eigenvalue weighted by Gasteiger charge is 2.33. The number of hydrogen-bond donors (Lipinski definition) is 2. The number of alkyl halides is 3. The van der Waals surface area contributed by atoms with Gasteiger partial charge in [-0.1, -0.05) is 29.8 Å². The Balaban J connectivity index is 1.80. The maximum absolute atomic E-state index is 13.2. The van der Waals surface area contributed by atoms with E-state index in [9.17, 15) is 18.0 Å².